The summed E-state index contributed by atoms with van der Waals surface area (Å²) in [6.07, 6.45) is 0.159. The Hall–Kier alpha value is -2.58. The van der Waals surface area contributed by atoms with Crippen LogP contribution in [0, 0.1) is 0 Å². The minimum atomic E-state index is -3.70. The number of ether oxygens (including phenoxy) is 2. The van der Waals surface area contributed by atoms with Gasteiger partial charge in [-0.1, -0.05) is 12.1 Å². The van der Waals surface area contributed by atoms with Crippen LogP contribution in [0.3, 0.4) is 0 Å². The van der Waals surface area contributed by atoms with Crippen LogP contribution < -0.4 is 14.8 Å². The Morgan fingerprint density at radius 1 is 1.04 bits per heavy atom. The molecule has 26 heavy (non-hydrogen) atoms. The summed E-state index contributed by atoms with van der Waals surface area (Å²) in [6, 6.07) is 11.6. The van der Waals surface area contributed by atoms with Crippen LogP contribution >= 0.6 is 0 Å². The minimum Gasteiger partial charge on any atom is -0.497 e. The van der Waals surface area contributed by atoms with E-state index in [4.69, 9.17) is 9.47 Å². The topological polar surface area (TPSA) is 84.9 Å². The number of hydrogen-bond donors (Lipinski definition) is 1. The third-order valence-corrected chi connectivity index (χ3v) is 5.57. The van der Waals surface area contributed by atoms with Gasteiger partial charge in [0.1, 0.15) is 16.4 Å². The molecule has 0 saturated heterocycles. The standard InChI is InChI=1S/C18H22N2O5S/c1-20(2)26(22,23)17-12-14(7-10-16(17)25-4)19-18(21)11-13-5-8-15(24-3)9-6-13/h5-10,12H,11H2,1-4H3,(H,19,21). The van der Waals surface area contributed by atoms with Crippen LogP contribution in [-0.4, -0.2) is 46.9 Å². The second-order valence-electron chi connectivity index (χ2n) is 5.73. The number of benzene rings is 2. The van der Waals surface area contributed by atoms with E-state index < -0.39 is 10.0 Å². The van der Waals surface area contributed by atoms with E-state index in [2.05, 4.69) is 5.32 Å². The van der Waals surface area contributed by atoms with Gasteiger partial charge >= 0.3 is 0 Å². The van der Waals surface area contributed by atoms with E-state index in [0.717, 1.165) is 9.87 Å². The number of nitrogens with zero attached hydrogens (tertiary/aromatic N) is 1. The first-order valence-corrected chi connectivity index (χ1v) is 9.25. The van der Waals surface area contributed by atoms with Crippen molar-refractivity contribution in [1.29, 1.82) is 0 Å². The molecule has 0 bridgehead atoms. The quantitative estimate of drug-likeness (QED) is 0.798. The molecule has 0 spiro atoms. The van der Waals surface area contributed by atoms with Gasteiger partial charge in [0, 0.05) is 19.8 Å². The minimum absolute atomic E-state index is 0.00718. The molecule has 0 atom stereocenters. The van der Waals surface area contributed by atoms with Crippen LogP contribution in [0.15, 0.2) is 47.4 Å². The monoisotopic (exact) mass is 378 g/mol. The Bertz CT molecular complexity index is 877. The molecule has 2 aromatic rings. The first-order valence-electron chi connectivity index (χ1n) is 7.81. The van der Waals surface area contributed by atoms with Crippen molar-refractivity contribution in [1.82, 2.24) is 4.31 Å². The van der Waals surface area contributed by atoms with Crippen LogP contribution in [0.4, 0.5) is 5.69 Å². The van der Waals surface area contributed by atoms with Crippen LogP contribution in [0.1, 0.15) is 5.56 Å². The fourth-order valence-corrected chi connectivity index (χ4v) is 3.36. The molecule has 0 aromatic heterocycles. The summed E-state index contributed by atoms with van der Waals surface area (Å²) in [5.41, 5.74) is 1.20. The van der Waals surface area contributed by atoms with Crippen LogP contribution in [-0.2, 0) is 21.2 Å². The molecule has 0 fully saturated rings. The molecule has 1 N–H and O–H groups in total. The van der Waals surface area contributed by atoms with Crippen molar-refractivity contribution in [2.45, 2.75) is 11.3 Å². The van der Waals surface area contributed by atoms with Gasteiger partial charge < -0.3 is 14.8 Å². The molecule has 0 aliphatic heterocycles. The summed E-state index contributed by atoms with van der Waals surface area (Å²) < 4.78 is 36.1. The van der Waals surface area contributed by atoms with E-state index in [1.807, 2.05) is 0 Å². The fraction of sp³-hybridized carbons (Fsp3) is 0.278. The van der Waals surface area contributed by atoms with E-state index in [1.165, 1.54) is 33.3 Å². The molecule has 0 heterocycles. The molecule has 2 rings (SSSR count). The second kappa shape index (κ2) is 8.20. The number of amides is 1. The van der Waals surface area contributed by atoms with Gasteiger partial charge in [0.15, 0.2) is 0 Å². The zero-order valence-corrected chi connectivity index (χ0v) is 16.0. The molecule has 7 nitrogen and oxygen atoms in total. The normalized spacial score (nSPS) is 11.3. The molecule has 8 heteroatoms. The molecule has 0 unspecified atom stereocenters. The maximum Gasteiger partial charge on any atom is 0.246 e. The van der Waals surface area contributed by atoms with Gasteiger partial charge in [-0.05, 0) is 35.9 Å². The summed E-state index contributed by atoms with van der Waals surface area (Å²) in [6.45, 7) is 0. The highest BCUT2D eigenvalue weighted by molar-refractivity contribution is 7.89. The highest BCUT2D eigenvalue weighted by atomic mass is 32.2. The number of rotatable bonds is 7. The number of hydrogen-bond acceptors (Lipinski definition) is 5. The van der Waals surface area contributed by atoms with Crippen molar-refractivity contribution in [3.05, 3.63) is 48.0 Å². The predicted molar refractivity (Wildman–Crippen MR) is 99.2 cm³/mol. The molecule has 0 aliphatic rings. The summed E-state index contributed by atoms with van der Waals surface area (Å²) in [4.78, 5) is 12.2. The molecule has 0 saturated carbocycles. The zero-order valence-electron chi connectivity index (χ0n) is 15.1. The lowest BCUT2D eigenvalue weighted by Crippen LogP contribution is -2.23. The fourth-order valence-electron chi connectivity index (χ4n) is 2.29. The lowest BCUT2D eigenvalue weighted by atomic mass is 10.1. The van der Waals surface area contributed by atoms with Gasteiger partial charge in [-0.15, -0.1) is 0 Å². The Labute approximate surface area is 153 Å². The third-order valence-electron chi connectivity index (χ3n) is 3.73. The van der Waals surface area contributed by atoms with Crippen LogP contribution in [0.5, 0.6) is 11.5 Å². The van der Waals surface area contributed by atoms with E-state index in [-0.39, 0.29) is 23.0 Å². The molecule has 0 aliphatic carbocycles. The Kier molecular flexibility index (Phi) is 6.23. The van der Waals surface area contributed by atoms with E-state index in [1.54, 1.807) is 37.4 Å². The number of methoxy groups -OCH3 is 2. The molecule has 1 amide bonds. The Morgan fingerprint density at radius 2 is 1.69 bits per heavy atom. The summed E-state index contributed by atoms with van der Waals surface area (Å²) in [5, 5.41) is 2.71. The van der Waals surface area contributed by atoms with Crippen molar-refractivity contribution < 1.29 is 22.7 Å². The van der Waals surface area contributed by atoms with Crippen molar-refractivity contribution in [3.63, 3.8) is 0 Å². The van der Waals surface area contributed by atoms with Gasteiger partial charge in [-0.3, -0.25) is 4.79 Å². The Balaban J connectivity index is 2.19. The maximum absolute atomic E-state index is 12.4. The molecular formula is C18H22N2O5S. The average molecular weight is 378 g/mol. The maximum atomic E-state index is 12.4. The number of nitrogens with one attached hydrogen (secondary N) is 1. The summed E-state index contributed by atoms with van der Waals surface area (Å²) in [5.74, 6) is 0.670. The van der Waals surface area contributed by atoms with Gasteiger partial charge in [-0.25, -0.2) is 12.7 Å². The highest BCUT2D eigenvalue weighted by Gasteiger charge is 2.23. The first-order chi connectivity index (χ1) is 12.3. The van der Waals surface area contributed by atoms with E-state index in [9.17, 15) is 13.2 Å². The summed E-state index contributed by atoms with van der Waals surface area (Å²) >= 11 is 0. The predicted octanol–water partition coefficient (Wildman–Crippen LogP) is 2.14. The number of carbonyl (C=O) groups excluding carboxylic acids is 1. The first kappa shape index (κ1) is 19.7. The van der Waals surface area contributed by atoms with Gasteiger partial charge in [0.05, 0.1) is 20.6 Å². The Morgan fingerprint density at radius 3 is 2.23 bits per heavy atom. The van der Waals surface area contributed by atoms with Crippen molar-refractivity contribution in [2.75, 3.05) is 33.6 Å². The summed E-state index contributed by atoms with van der Waals surface area (Å²) in [7, 11) is 2.14. The van der Waals surface area contributed by atoms with Gasteiger partial charge in [0.25, 0.3) is 0 Å². The number of sulfonamides is 1. The molecule has 0 radical (unpaired) electrons. The highest BCUT2D eigenvalue weighted by Crippen LogP contribution is 2.29. The van der Waals surface area contributed by atoms with Crippen molar-refractivity contribution in [2.24, 2.45) is 0 Å². The van der Waals surface area contributed by atoms with E-state index >= 15 is 0 Å². The largest absolute Gasteiger partial charge is 0.497 e. The lowest BCUT2D eigenvalue weighted by Gasteiger charge is -2.16. The van der Waals surface area contributed by atoms with Crippen LogP contribution in [0.25, 0.3) is 0 Å². The van der Waals surface area contributed by atoms with Gasteiger partial charge in [-0.2, -0.15) is 0 Å². The average Bonchev–Trinajstić information content (AvgIpc) is 2.62. The number of anilines is 1. The van der Waals surface area contributed by atoms with Crippen molar-refractivity contribution >= 4 is 21.6 Å². The lowest BCUT2D eigenvalue weighted by molar-refractivity contribution is -0.115. The van der Waals surface area contributed by atoms with Crippen molar-refractivity contribution in [3.8, 4) is 11.5 Å². The number of carbonyl (C=O) groups is 1. The molecule has 140 valence electrons. The van der Waals surface area contributed by atoms with Gasteiger partial charge in [0.2, 0.25) is 15.9 Å². The smallest absolute Gasteiger partial charge is 0.246 e. The second-order valence-corrected chi connectivity index (χ2v) is 7.85. The van der Waals surface area contributed by atoms with E-state index in [0.29, 0.717) is 11.4 Å². The molecule has 2 aromatic carbocycles. The molecular weight excluding hydrogens is 356 g/mol. The zero-order chi connectivity index (χ0) is 19.3. The SMILES string of the molecule is COc1ccc(CC(=O)Nc2ccc(OC)c(S(=O)(=O)N(C)C)c2)cc1. The van der Waals surface area contributed by atoms with Crippen LogP contribution in [0.2, 0.25) is 0 Å². The third kappa shape index (κ3) is 4.53.